The second kappa shape index (κ2) is 10.1. The smallest absolute Gasteiger partial charge is 0.240 e. The highest BCUT2D eigenvalue weighted by atomic mass is 35.5. The molecule has 30 heavy (non-hydrogen) atoms. The SMILES string of the molecule is CN(CCc1ccccn1)[C@H]1[C@H](O)[C@H](CO)O[C@@H]1CNS(=O)(=O)c1ccc(Cl)cc1. The minimum atomic E-state index is -3.77. The summed E-state index contributed by atoms with van der Waals surface area (Å²) in [4.78, 5) is 6.29. The first-order valence-electron chi connectivity index (χ1n) is 9.61. The lowest BCUT2D eigenvalue weighted by atomic mass is 10.0. The minimum absolute atomic E-state index is 0.0445. The number of aliphatic hydroxyl groups excluding tert-OH is 2. The molecule has 0 amide bonds. The van der Waals surface area contributed by atoms with Crippen LogP contribution in [-0.2, 0) is 21.2 Å². The van der Waals surface area contributed by atoms with Crippen LogP contribution in [0.5, 0.6) is 0 Å². The number of halogens is 1. The summed E-state index contributed by atoms with van der Waals surface area (Å²) < 4.78 is 33.4. The molecular formula is C20H26ClN3O5S. The quantitative estimate of drug-likeness (QED) is 0.509. The van der Waals surface area contributed by atoms with Gasteiger partial charge >= 0.3 is 0 Å². The maximum atomic E-state index is 12.6. The van der Waals surface area contributed by atoms with Crippen molar-refractivity contribution in [2.24, 2.45) is 0 Å². The summed E-state index contributed by atoms with van der Waals surface area (Å²) in [6, 6.07) is 11.0. The molecule has 1 fully saturated rings. The number of nitrogens with one attached hydrogen (secondary N) is 1. The van der Waals surface area contributed by atoms with Gasteiger partial charge in [-0.25, -0.2) is 13.1 Å². The van der Waals surface area contributed by atoms with E-state index in [4.69, 9.17) is 16.3 Å². The van der Waals surface area contributed by atoms with Gasteiger partial charge in [-0.05, 0) is 43.4 Å². The molecule has 0 bridgehead atoms. The molecule has 3 N–H and O–H groups in total. The molecule has 2 aromatic rings. The van der Waals surface area contributed by atoms with E-state index in [-0.39, 0.29) is 18.0 Å². The average molecular weight is 456 g/mol. The van der Waals surface area contributed by atoms with Gasteiger partial charge in [0.05, 0.1) is 23.6 Å². The zero-order valence-corrected chi connectivity index (χ0v) is 18.1. The molecule has 1 aliphatic heterocycles. The number of aromatic nitrogens is 1. The summed E-state index contributed by atoms with van der Waals surface area (Å²) >= 11 is 5.82. The molecule has 4 atom stereocenters. The third-order valence-corrected chi connectivity index (χ3v) is 6.89. The number of sulfonamides is 1. The van der Waals surface area contributed by atoms with Crippen LogP contribution in [0.1, 0.15) is 5.69 Å². The van der Waals surface area contributed by atoms with Gasteiger partial charge in [0.25, 0.3) is 0 Å². The van der Waals surface area contributed by atoms with Crippen molar-refractivity contribution in [1.29, 1.82) is 0 Å². The number of hydrogen-bond donors (Lipinski definition) is 3. The van der Waals surface area contributed by atoms with Crippen molar-refractivity contribution in [2.75, 3.05) is 26.7 Å². The van der Waals surface area contributed by atoms with Crippen LogP contribution in [0.4, 0.5) is 0 Å². The van der Waals surface area contributed by atoms with Crippen LogP contribution in [0.2, 0.25) is 5.02 Å². The average Bonchev–Trinajstić information content (AvgIpc) is 3.07. The Morgan fingerprint density at radius 3 is 2.57 bits per heavy atom. The van der Waals surface area contributed by atoms with Crippen LogP contribution in [0.25, 0.3) is 0 Å². The molecule has 8 nitrogen and oxygen atoms in total. The Morgan fingerprint density at radius 1 is 1.20 bits per heavy atom. The van der Waals surface area contributed by atoms with Crippen molar-refractivity contribution in [3.8, 4) is 0 Å². The van der Waals surface area contributed by atoms with Gasteiger partial charge in [0.1, 0.15) is 12.2 Å². The van der Waals surface area contributed by atoms with Crippen LogP contribution in [0.3, 0.4) is 0 Å². The van der Waals surface area contributed by atoms with Crippen molar-refractivity contribution in [3.05, 3.63) is 59.4 Å². The Morgan fingerprint density at radius 2 is 1.93 bits per heavy atom. The molecule has 0 saturated carbocycles. The molecule has 0 unspecified atom stereocenters. The third kappa shape index (κ3) is 5.55. The molecule has 1 saturated heterocycles. The highest BCUT2D eigenvalue weighted by molar-refractivity contribution is 7.89. The van der Waals surface area contributed by atoms with Gasteiger partial charge in [-0.1, -0.05) is 17.7 Å². The summed E-state index contributed by atoms with van der Waals surface area (Å²) in [5, 5.41) is 20.6. The van der Waals surface area contributed by atoms with Crippen molar-refractivity contribution in [2.45, 2.75) is 35.7 Å². The lowest BCUT2D eigenvalue weighted by molar-refractivity contribution is -0.0201. The molecule has 3 rings (SSSR count). The first-order chi connectivity index (χ1) is 14.3. The van der Waals surface area contributed by atoms with E-state index in [9.17, 15) is 18.6 Å². The van der Waals surface area contributed by atoms with E-state index in [2.05, 4.69) is 9.71 Å². The number of pyridine rings is 1. The fraction of sp³-hybridized carbons (Fsp3) is 0.450. The van der Waals surface area contributed by atoms with E-state index in [1.165, 1.54) is 24.3 Å². The van der Waals surface area contributed by atoms with E-state index >= 15 is 0 Å². The number of nitrogens with zero attached hydrogens (tertiary/aromatic N) is 2. The molecule has 0 radical (unpaired) electrons. The summed E-state index contributed by atoms with van der Waals surface area (Å²) in [6.45, 7) is 0.185. The molecule has 2 heterocycles. The summed E-state index contributed by atoms with van der Waals surface area (Å²) in [5.74, 6) is 0. The third-order valence-electron chi connectivity index (χ3n) is 5.20. The van der Waals surface area contributed by atoms with Crippen molar-refractivity contribution >= 4 is 21.6 Å². The Labute approximate surface area is 181 Å². The van der Waals surface area contributed by atoms with Gasteiger partial charge in [0, 0.05) is 36.4 Å². The first kappa shape index (κ1) is 23.1. The van der Waals surface area contributed by atoms with Gasteiger partial charge in [0.15, 0.2) is 0 Å². The number of benzene rings is 1. The standard InChI is InChI=1S/C20H26ClN3O5S/c1-24(11-9-15-4-2-3-10-22-15)19-17(29-18(13-25)20(19)26)12-23-30(27,28)16-7-5-14(21)6-8-16/h2-8,10,17-20,23,25-26H,9,11-13H2,1H3/t17-,18+,19-,20-/m1/s1. The fourth-order valence-corrected chi connectivity index (χ4v) is 4.74. The minimum Gasteiger partial charge on any atom is -0.394 e. The second-order valence-electron chi connectivity index (χ2n) is 7.23. The van der Waals surface area contributed by atoms with Crippen molar-refractivity contribution in [3.63, 3.8) is 0 Å². The van der Waals surface area contributed by atoms with E-state index in [1.54, 1.807) is 6.20 Å². The number of ether oxygens (including phenoxy) is 1. The number of aliphatic hydroxyl groups is 2. The van der Waals surface area contributed by atoms with Crippen LogP contribution >= 0.6 is 11.6 Å². The Kier molecular flexibility index (Phi) is 7.81. The van der Waals surface area contributed by atoms with Gasteiger partial charge < -0.3 is 14.9 Å². The first-order valence-corrected chi connectivity index (χ1v) is 11.5. The van der Waals surface area contributed by atoms with Crippen LogP contribution in [0, 0.1) is 0 Å². The molecule has 0 aliphatic carbocycles. The fourth-order valence-electron chi connectivity index (χ4n) is 3.56. The summed E-state index contributed by atoms with van der Waals surface area (Å²) in [7, 11) is -1.94. The highest BCUT2D eigenvalue weighted by Crippen LogP contribution is 2.25. The maximum absolute atomic E-state index is 12.6. The van der Waals surface area contributed by atoms with Gasteiger partial charge in [-0.3, -0.25) is 9.88 Å². The van der Waals surface area contributed by atoms with Crippen LogP contribution in [0.15, 0.2) is 53.6 Å². The normalized spacial score (nSPS) is 24.4. The van der Waals surface area contributed by atoms with Gasteiger partial charge in [-0.15, -0.1) is 0 Å². The van der Waals surface area contributed by atoms with E-state index in [0.717, 1.165) is 5.69 Å². The largest absolute Gasteiger partial charge is 0.394 e. The molecule has 164 valence electrons. The summed E-state index contributed by atoms with van der Waals surface area (Å²) in [5.41, 5.74) is 0.913. The lowest BCUT2D eigenvalue weighted by Gasteiger charge is -2.30. The molecule has 1 aromatic carbocycles. The Hall–Kier alpha value is -1.59. The van der Waals surface area contributed by atoms with Crippen molar-refractivity contribution in [1.82, 2.24) is 14.6 Å². The predicted molar refractivity (Wildman–Crippen MR) is 113 cm³/mol. The lowest BCUT2D eigenvalue weighted by Crippen LogP contribution is -2.50. The molecule has 1 aromatic heterocycles. The molecule has 10 heteroatoms. The highest BCUT2D eigenvalue weighted by Gasteiger charge is 2.45. The predicted octanol–water partition coefficient (Wildman–Crippen LogP) is 0.677. The maximum Gasteiger partial charge on any atom is 0.240 e. The van der Waals surface area contributed by atoms with Crippen molar-refractivity contribution < 1.29 is 23.4 Å². The van der Waals surface area contributed by atoms with Crippen LogP contribution in [-0.4, -0.2) is 79.6 Å². The monoisotopic (exact) mass is 455 g/mol. The zero-order valence-electron chi connectivity index (χ0n) is 16.6. The number of likely N-dealkylation sites (N-methyl/N-ethyl adjacent to an activating group) is 1. The Balaban J connectivity index is 1.67. The zero-order chi connectivity index (χ0) is 21.7. The number of hydrogen-bond acceptors (Lipinski definition) is 7. The molecular weight excluding hydrogens is 430 g/mol. The summed E-state index contributed by atoms with van der Waals surface area (Å²) in [6.07, 6.45) is 0.0195. The topological polar surface area (TPSA) is 112 Å². The van der Waals surface area contributed by atoms with Gasteiger partial charge in [0.2, 0.25) is 10.0 Å². The van der Waals surface area contributed by atoms with Gasteiger partial charge in [-0.2, -0.15) is 0 Å². The molecule has 0 spiro atoms. The van der Waals surface area contributed by atoms with E-state index in [0.29, 0.717) is 18.0 Å². The van der Waals surface area contributed by atoms with E-state index < -0.39 is 34.4 Å². The second-order valence-corrected chi connectivity index (χ2v) is 9.44. The van der Waals surface area contributed by atoms with Crippen LogP contribution < -0.4 is 4.72 Å². The Bertz CT molecular complexity index is 914. The van der Waals surface area contributed by atoms with E-state index in [1.807, 2.05) is 30.1 Å². The number of rotatable bonds is 9. The molecule has 1 aliphatic rings.